The molecule has 2 aliphatic rings. The molecule has 0 unspecified atom stereocenters. The van der Waals surface area contributed by atoms with Gasteiger partial charge in [0.05, 0.1) is 16.6 Å². The van der Waals surface area contributed by atoms with E-state index in [2.05, 4.69) is 34.4 Å². The maximum absolute atomic E-state index is 10.1. The molecule has 0 spiro atoms. The number of rotatable bonds is 2. The van der Waals surface area contributed by atoms with Gasteiger partial charge in [0.1, 0.15) is 11.9 Å². The van der Waals surface area contributed by atoms with Gasteiger partial charge >= 0.3 is 0 Å². The molecule has 0 atom stereocenters. The molecule has 1 N–H and O–H groups in total. The molecule has 1 fully saturated rings. The molecule has 5 nitrogen and oxygen atoms in total. The second-order valence-corrected chi connectivity index (χ2v) is 9.04. The molecular weight excluding hydrogens is 396 g/mol. The summed E-state index contributed by atoms with van der Waals surface area (Å²) in [7, 11) is 0. The van der Waals surface area contributed by atoms with Gasteiger partial charge in [-0.15, -0.1) is 12.4 Å². The summed E-state index contributed by atoms with van der Waals surface area (Å²) < 4.78 is 2.25. The minimum atomic E-state index is 0. The van der Waals surface area contributed by atoms with Crippen LogP contribution in [-0.2, 0) is 12.8 Å². The fraction of sp³-hybridized carbons (Fsp3) is 0.500. The van der Waals surface area contributed by atoms with E-state index in [9.17, 15) is 10.4 Å². The Morgan fingerprint density at radius 3 is 2.50 bits per heavy atom. The summed E-state index contributed by atoms with van der Waals surface area (Å²) in [4.78, 5) is 7.39. The summed E-state index contributed by atoms with van der Waals surface area (Å²) in [6.07, 6.45) is 7.47. The molecule has 1 aliphatic heterocycles. The molecule has 0 bridgehead atoms. The van der Waals surface area contributed by atoms with Gasteiger partial charge in [-0.3, -0.25) is 4.40 Å². The van der Waals surface area contributed by atoms with Crippen LogP contribution in [0.3, 0.4) is 0 Å². The number of imidazole rings is 1. The summed E-state index contributed by atoms with van der Waals surface area (Å²) in [5.74, 6) is 1.24. The van der Waals surface area contributed by atoms with E-state index in [1.807, 2.05) is 12.1 Å². The van der Waals surface area contributed by atoms with Gasteiger partial charge in [0.25, 0.3) is 0 Å². The molecule has 1 aliphatic carbocycles. The number of nitrogens with zero attached hydrogens (tertiary/aromatic N) is 4. The van der Waals surface area contributed by atoms with E-state index in [1.54, 1.807) is 0 Å². The van der Waals surface area contributed by atoms with Gasteiger partial charge < -0.3 is 10.0 Å². The van der Waals surface area contributed by atoms with Crippen LogP contribution in [0.25, 0.3) is 16.7 Å². The summed E-state index contributed by atoms with van der Waals surface area (Å²) >= 11 is 0. The minimum absolute atomic E-state index is 0. The van der Waals surface area contributed by atoms with Crippen molar-refractivity contribution in [3.8, 4) is 6.07 Å². The number of para-hydroxylation sites is 2. The van der Waals surface area contributed by atoms with Crippen LogP contribution < -0.4 is 4.90 Å². The third-order valence-corrected chi connectivity index (χ3v) is 7.05. The van der Waals surface area contributed by atoms with E-state index in [0.717, 1.165) is 67.4 Å². The lowest BCUT2D eigenvalue weighted by molar-refractivity contribution is 0.114. The monoisotopic (exact) mass is 424 g/mol. The quantitative estimate of drug-likeness (QED) is 0.608. The number of benzene rings is 1. The summed E-state index contributed by atoms with van der Waals surface area (Å²) in [5.41, 5.74) is 6.18. The van der Waals surface area contributed by atoms with Crippen molar-refractivity contribution in [3.05, 3.63) is 41.0 Å². The van der Waals surface area contributed by atoms with Crippen molar-refractivity contribution in [2.75, 3.05) is 24.6 Å². The predicted molar refractivity (Wildman–Crippen MR) is 123 cm³/mol. The molecule has 30 heavy (non-hydrogen) atoms. The van der Waals surface area contributed by atoms with Crippen LogP contribution in [0.1, 0.15) is 55.7 Å². The zero-order valence-corrected chi connectivity index (χ0v) is 18.3. The van der Waals surface area contributed by atoms with Gasteiger partial charge in [-0.2, -0.15) is 5.26 Å². The highest BCUT2D eigenvalue weighted by molar-refractivity contribution is 5.86. The standard InChI is InChI=1S/C24H28N4O.ClH/c1-24(16-29)11-13-27(14-12-24)23-18-8-4-2-3-7-17(18)19(15-25)22-26-20-9-5-6-10-21(20)28(22)23;/h5-6,9-10,29H,2-4,7-8,11-14,16H2,1H3;1H. The summed E-state index contributed by atoms with van der Waals surface area (Å²) in [6.45, 7) is 4.29. The van der Waals surface area contributed by atoms with Gasteiger partial charge in [0.15, 0.2) is 5.65 Å². The second kappa shape index (κ2) is 8.09. The zero-order chi connectivity index (χ0) is 20.0. The predicted octanol–water partition coefficient (Wildman–Crippen LogP) is 4.65. The number of anilines is 1. The number of nitriles is 1. The number of aliphatic hydroxyl groups excluding tert-OH is 1. The van der Waals surface area contributed by atoms with Crippen LogP contribution in [0.15, 0.2) is 24.3 Å². The molecule has 2 aromatic heterocycles. The van der Waals surface area contributed by atoms with Crippen molar-refractivity contribution in [1.82, 2.24) is 9.38 Å². The Bertz CT molecular complexity index is 1120. The van der Waals surface area contributed by atoms with Crippen molar-refractivity contribution in [3.63, 3.8) is 0 Å². The number of aliphatic hydroxyl groups is 1. The first kappa shape index (κ1) is 21.0. The lowest BCUT2D eigenvalue weighted by Gasteiger charge is -2.40. The fourth-order valence-electron chi connectivity index (χ4n) is 5.15. The van der Waals surface area contributed by atoms with E-state index in [4.69, 9.17) is 4.98 Å². The molecule has 0 radical (unpaired) electrons. The van der Waals surface area contributed by atoms with Gasteiger partial charge in [-0.25, -0.2) is 4.98 Å². The smallest absolute Gasteiger partial charge is 0.157 e. The maximum Gasteiger partial charge on any atom is 0.157 e. The number of aromatic nitrogens is 2. The largest absolute Gasteiger partial charge is 0.396 e. The van der Waals surface area contributed by atoms with Crippen molar-refractivity contribution in [2.24, 2.45) is 5.41 Å². The normalized spacial score (nSPS) is 18.5. The van der Waals surface area contributed by atoms with Crippen LogP contribution in [0.4, 0.5) is 5.82 Å². The number of piperidine rings is 1. The van der Waals surface area contributed by atoms with Gasteiger partial charge in [0.2, 0.25) is 0 Å². The Balaban J connectivity index is 0.00000218. The second-order valence-electron chi connectivity index (χ2n) is 9.04. The average Bonchev–Trinajstić information content (AvgIpc) is 2.95. The van der Waals surface area contributed by atoms with Crippen molar-refractivity contribution in [2.45, 2.75) is 51.9 Å². The molecule has 6 heteroatoms. The average molecular weight is 425 g/mol. The van der Waals surface area contributed by atoms with Crippen LogP contribution in [0.5, 0.6) is 0 Å². The first-order valence-corrected chi connectivity index (χ1v) is 10.9. The highest BCUT2D eigenvalue weighted by Gasteiger charge is 2.33. The Morgan fingerprint density at radius 1 is 1.10 bits per heavy atom. The van der Waals surface area contributed by atoms with Crippen LogP contribution >= 0.6 is 12.4 Å². The van der Waals surface area contributed by atoms with Crippen molar-refractivity contribution < 1.29 is 5.11 Å². The SMILES string of the molecule is CC1(CO)CCN(c2c3c(c(C#N)c4nc5ccccc5n24)CCCCC3)CC1.Cl. The lowest BCUT2D eigenvalue weighted by Crippen LogP contribution is -2.41. The highest BCUT2D eigenvalue weighted by Crippen LogP contribution is 2.40. The molecule has 3 heterocycles. The zero-order valence-electron chi connectivity index (χ0n) is 17.5. The molecule has 5 rings (SSSR count). The first-order chi connectivity index (χ1) is 14.1. The van der Waals surface area contributed by atoms with Crippen LogP contribution in [0, 0.1) is 16.7 Å². The van der Waals surface area contributed by atoms with Crippen molar-refractivity contribution in [1.29, 1.82) is 5.26 Å². The third-order valence-electron chi connectivity index (χ3n) is 7.05. The van der Waals surface area contributed by atoms with E-state index < -0.39 is 0 Å². The van der Waals surface area contributed by atoms with Crippen LogP contribution in [0.2, 0.25) is 0 Å². The van der Waals surface area contributed by atoms with Gasteiger partial charge in [-0.05, 0) is 67.2 Å². The molecular formula is C24H29ClN4O. The van der Waals surface area contributed by atoms with Gasteiger partial charge in [0, 0.05) is 19.7 Å². The number of halogens is 1. The summed E-state index contributed by atoms with van der Waals surface area (Å²) in [5, 5.41) is 19.9. The van der Waals surface area contributed by atoms with E-state index in [-0.39, 0.29) is 24.4 Å². The molecule has 158 valence electrons. The van der Waals surface area contributed by atoms with E-state index >= 15 is 0 Å². The topological polar surface area (TPSA) is 64.6 Å². The maximum atomic E-state index is 10.1. The Labute approximate surface area is 183 Å². The Hall–Kier alpha value is -2.29. The molecule has 0 amide bonds. The Morgan fingerprint density at radius 2 is 1.80 bits per heavy atom. The number of hydrogen-bond acceptors (Lipinski definition) is 4. The van der Waals surface area contributed by atoms with Gasteiger partial charge in [-0.1, -0.05) is 25.5 Å². The number of hydrogen-bond donors (Lipinski definition) is 1. The fourth-order valence-corrected chi connectivity index (χ4v) is 5.15. The minimum Gasteiger partial charge on any atom is -0.396 e. The molecule has 0 saturated carbocycles. The van der Waals surface area contributed by atoms with Crippen molar-refractivity contribution >= 4 is 34.9 Å². The summed E-state index contributed by atoms with van der Waals surface area (Å²) in [6, 6.07) is 10.7. The molecule has 1 aromatic carbocycles. The number of fused-ring (bicyclic) bond motifs is 4. The first-order valence-electron chi connectivity index (χ1n) is 10.9. The van der Waals surface area contributed by atoms with Crippen LogP contribution in [-0.4, -0.2) is 34.2 Å². The number of pyridine rings is 1. The lowest BCUT2D eigenvalue weighted by atomic mass is 9.81. The molecule has 3 aromatic rings. The van der Waals surface area contributed by atoms with E-state index in [0.29, 0.717) is 0 Å². The Kier molecular flexibility index (Phi) is 5.65. The highest BCUT2D eigenvalue weighted by atomic mass is 35.5. The third kappa shape index (κ3) is 3.23. The molecule has 1 saturated heterocycles. The van der Waals surface area contributed by atoms with E-state index in [1.165, 1.54) is 29.8 Å².